The van der Waals surface area contributed by atoms with Crippen LogP contribution in [0, 0.1) is 5.92 Å². The second kappa shape index (κ2) is 7.16. The second-order valence-corrected chi connectivity index (χ2v) is 5.92. The Morgan fingerprint density at radius 3 is 2.79 bits per heavy atom. The van der Waals surface area contributed by atoms with Crippen molar-refractivity contribution in [3.8, 4) is 11.5 Å². The van der Waals surface area contributed by atoms with Crippen LogP contribution in [0.15, 0.2) is 30.6 Å². The van der Waals surface area contributed by atoms with E-state index in [0.717, 1.165) is 13.0 Å². The molecule has 0 saturated heterocycles. The van der Waals surface area contributed by atoms with Crippen LogP contribution in [0.25, 0.3) is 0 Å². The van der Waals surface area contributed by atoms with Crippen molar-refractivity contribution in [3.05, 3.63) is 36.3 Å². The molecule has 7 nitrogen and oxygen atoms in total. The van der Waals surface area contributed by atoms with E-state index in [1.165, 1.54) is 6.20 Å². The highest BCUT2D eigenvalue weighted by molar-refractivity contribution is 6.02. The predicted molar refractivity (Wildman–Crippen MR) is 90.5 cm³/mol. The van der Waals surface area contributed by atoms with Crippen LogP contribution in [0.1, 0.15) is 30.8 Å². The summed E-state index contributed by atoms with van der Waals surface area (Å²) in [6, 6.07) is 5.22. The molecule has 7 heteroatoms. The molecule has 0 bridgehead atoms. The summed E-state index contributed by atoms with van der Waals surface area (Å²) in [6.07, 6.45) is 4.07. The van der Waals surface area contributed by atoms with Crippen LogP contribution >= 0.6 is 0 Å². The first-order chi connectivity index (χ1) is 11.6. The van der Waals surface area contributed by atoms with Crippen molar-refractivity contribution in [1.82, 2.24) is 9.97 Å². The van der Waals surface area contributed by atoms with Crippen molar-refractivity contribution in [2.45, 2.75) is 20.3 Å². The van der Waals surface area contributed by atoms with E-state index < -0.39 is 0 Å². The number of ether oxygens (including phenoxy) is 2. The molecule has 0 fully saturated rings. The Bertz CT molecular complexity index is 716. The van der Waals surface area contributed by atoms with Crippen molar-refractivity contribution in [2.24, 2.45) is 5.92 Å². The van der Waals surface area contributed by atoms with Crippen LogP contribution in [0.2, 0.25) is 0 Å². The van der Waals surface area contributed by atoms with Gasteiger partial charge >= 0.3 is 0 Å². The molecule has 0 saturated carbocycles. The van der Waals surface area contributed by atoms with Crippen LogP contribution in [0.4, 0.5) is 11.5 Å². The number of aromatic nitrogens is 2. The molecule has 2 aromatic rings. The minimum atomic E-state index is -0.324. The first-order valence-corrected chi connectivity index (χ1v) is 7.89. The molecule has 2 N–H and O–H groups in total. The maximum absolute atomic E-state index is 12.2. The fourth-order valence-corrected chi connectivity index (χ4v) is 2.19. The van der Waals surface area contributed by atoms with Crippen molar-refractivity contribution >= 4 is 17.4 Å². The number of carbonyl (C=O) groups excluding carboxylic acids is 1. The van der Waals surface area contributed by atoms with Crippen LogP contribution < -0.4 is 20.1 Å². The maximum atomic E-state index is 12.2. The molecule has 1 aliphatic rings. The van der Waals surface area contributed by atoms with E-state index >= 15 is 0 Å². The molecule has 0 radical (unpaired) electrons. The van der Waals surface area contributed by atoms with Gasteiger partial charge in [0.05, 0.1) is 12.4 Å². The summed E-state index contributed by atoms with van der Waals surface area (Å²) in [7, 11) is 0. The van der Waals surface area contributed by atoms with Crippen LogP contribution in [-0.4, -0.2) is 29.2 Å². The molecule has 24 heavy (non-hydrogen) atoms. The predicted octanol–water partition coefficient (Wildman–Crippen LogP) is 2.92. The SMILES string of the molecule is CC(C)CCNc1cnc(C(=O)Nc2ccc3c(c2)OCO3)cn1. The number of anilines is 2. The van der Waals surface area contributed by atoms with Gasteiger partial charge in [-0.15, -0.1) is 0 Å². The summed E-state index contributed by atoms with van der Waals surface area (Å²) in [5.41, 5.74) is 0.868. The first kappa shape index (κ1) is 16.0. The molecule has 1 amide bonds. The summed E-state index contributed by atoms with van der Waals surface area (Å²) in [6.45, 7) is 5.35. The van der Waals surface area contributed by atoms with E-state index in [9.17, 15) is 4.79 Å². The summed E-state index contributed by atoms with van der Waals surface area (Å²) >= 11 is 0. The second-order valence-electron chi connectivity index (χ2n) is 5.92. The highest BCUT2D eigenvalue weighted by atomic mass is 16.7. The molecular formula is C17H20N4O3. The largest absolute Gasteiger partial charge is 0.454 e. The fraction of sp³-hybridized carbons (Fsp3) is 0.353. The first-order valence-electron chi connectivity index (χ1n) is 7.89. The van der Waals surface area contributed by atoms with Gasteiger partial charge in [0.1, 0.15) is 11.5 Å². The molecule has 1 aromatic heterocycles. The Kier molecular flexibility index (Phi) is 4.79. The van der Waals surface area contributed by atoms with Gasteiger partial charge in [-0.25, -0.2) is 9.97 Å². The Labute approximate surface area is 140 Å². The van der Waals surface area contributed by atoms with E-state index in [-0.39, 0.29) is 18.4 Å². The molecule has 126 valence electrons. The van der Waals surface area contributed by atoms with E-state index in [1.807, 2.05) is 0 Å². The highest BCUT2D eigenvalue weighted by Gasteiger charge is 2.15. The minimum Gasteiger partial charge on any atom is -0.454 e. The third-order valence-electron chi connectivity index (χ3n) is 3.54. The average molecular weight is 328 g/mol. The van der Waals surface area contributed by atoms with Crippen molar-refractivity contribution in [2.75, 3.05) is 24.0 Å². The van der Waals surface area contributed by atoms with E-state index in [1.54, 1.807) is 24.4 Å². The normalized spacial score (nSPS) is 12.3. The lowest BCUT2D eigenvalue weighted by Gasteiger charge is -2.08. The van der Waals surface area contributed by atoms with Crippen LogP contribution in [0.3, 0.4) is 0 Å². The smallest absolute Gasteiger partial charge is 0.275 e. The molecule has 3 rings (SSSR count). The number of hydrogen-bond acceptors (Lipinski definition) is 6. The highest BCUT2D eigenvalue weighted by Crippen LogP contribution is 2.34. The van der Waals surface area contributed by atoms with Gasteiger partial charge in [0.2, 0.25) is 6.79 Å². The molecule has 2 heterocycles. The quantitative estimate of drug-likeness (QED) is 0.848. The van der Waals surface area contributed by atoms with Gasteiger partial charge in [-0.2, -0.15) is 0 Å². The number of amides is 1. The number of rotatable bonds is 6. The standard InChI is InChI=1S/C17H20N4O3/c1-11(2)5-6-18-16-9-19-13(8-20-16)17(22)21-12-3-4-14-15(7-12)24-10-23-14/h3-4,7-9,11H,5-6,10H2,1-2H3,(H,18,20)(H,21,22). The van der Waals surface area contributed by atoms with Crippen LogP contribution in [-0.2, 0) is 0 Å². The molecule has 0 unspecified atom stereocenters. The zero-order valence-electron chi connectivity index (χ0n) is 13.7. The fourth-order valence-electron chi connectivity index (χ4n) is 2.19. The molecular weight excluding hydrogens is 308 g/mol. The summed E-state index contributed by atoms with van der Waals surface area (Å²) < 4.78 is 10.5. The lowest BCUT2D eigenvalue weighted by atomic mass is 10.1. The van der Waals surface area contributed by atoms with Crippen molar-refractivity contribution in [1.29, 1.82) is 0 Å². The zero-order valence-corrected chi connectivity index (χ0v) is 13.7. The topological polar surface area (TPSA) is 85.4 Å². The summed E-state index contributed by atoms with van der Waals surface area (Å²) in [4.78, 5) is 20.6. The zero-order chi connectivity index (χ0) is 16.9. The third-order valence-corrected chi connectivity index (χ3v) is 3.54. The Balaban J connectivity index is 1.59. The van der Waals surface area contributed by atoms with Crippen LogP contribution in [0.5, 0.6) is 11.5 Å². The lowest BCUT2D eigenvalue weighted by Crippen LogP contribution is -2.14. The van der Waals surface area contributed by atoms with Crippen molar-refractivity contribution in [3.63, 3.8) is 0 Å². The Morgan fingerprint density at radius 2 is 2.04 bits per heavy atom. The van der Waals surface area contributed by atoms with E-state index in [2.05, 4.69) is 34.4 Å². The monoisotopic (exact) mass is 328 g/mol. The number of fused-ring (bicyclic) bond motifs is 1. The van der Waals surface area contributed by atoms with Gasteiger partial charge in [0.15, 0.2) is 11.5 Å². The molecule has 0 aliphatic carbocycles. The lowest BCUT2D eigenvalue weighted by molar-refractivity contribution is 0.102. The third kappa shape index (κ3) is 3.92. The van der Waals surface area contributed by atoms with Gasteiger partial charge in [0, 0.05) is 18.3 Å². The number of benzene rings is 1. The number of carbonyl (C=O) groups is 1. The summed E-state index contributed by atoms with van der Waals surface area (Å²) in [5, 5.41) is 5.95. The molecule has 0 atom stereocenters. The van der Waals surface area contributed by atoms with E-state index in [4.69, 9.17) is 9.47 Å². The van der Waals surface area contributed by atoms with Gasteiger partial charge in [-0.05, 0) is 24.5 Å². The van der Waals surface area contributed by atoms with E-state index in [0.29, 0.717) is 28.9 Å². The molecule has 1 aromatic carbocycles. The Hall–Kier alpha value is -2.83. The Morgan fingerprint density at radius 1 is 1.21 bits per heavy atom. The molecule has 0 spiro atoms. The maximum Gasteiger partial charge on any atom is 0.275 e. The average Bonchev–Trinajstić information content (AvgIpc) is 3.03. The number of hydrogen-bond donors (Lipinski definition) is 2. The minimum absolute atomic E-state index is 0.198. The van der Waals surface area contributed by atoms with Gasteiger partial charge in [-0.3, -0.25) is 4.79 Å². The summed E-state index contributed by atoms with van der Waals surface area (Å²) in [5.74, 6) is 2.25. The van der Waals surface area contributed by atoms with Gasteiger partial charge in [0.25, 0.3) is 5.91 Å². The van der Waals surface area contributed by atoms with Gasteiger partial charge in [-0.1, -0.05) is 13.8 Å². The van der Waals surface area contributed by atoms with Gasteiger partial charge < -0.3 is 20.1 Å². The van der Waals surface area contributed by atoms with Crippen molar-refractivity contribution < 1.29 is 14.3 Å². The number of nitrogens with one attached hydrogen (secondary N) is 2. The number of nitrogens with zero attached hydrogens (tertiary/aromatic N) is 2. The molecule has 1 aliphatic heterocycles.